The number of hydrogen-bond donors (Lipinski definition) is 2. The van der Waals surface area contributed by atoms with Crippen molar-refractivity contribution in [2.24, 2.45) is 0 Å². The van der Waals surface area contributed by atoms with Crippen LogP contribution in [-0.4, -0.2) is 20.9 Å². The number of aromatic nitrogens is 3. The quantitative estimate of drug-likeness (QED) is 0.455. The number of hydrogen-bond acceptors (Lipinski definition) is 5. The minimum atomic E-state index is -0.106. The number of nitrogens with one attached hydrogen (secondary N) is 2. The molecule has 1 aliphatic carbocycles. The molecule has 0 atom stereocenters. The van der Waals surface area contributed by atoms with Crippen LogP contribution in [0, 0.1) is 6.92 Å². The second-order valence-corrected chi connectivity index (χ2v) is 7.95. The Morgan fingerprint density at radius 3 is 2.62 bits per heavy atom. The van der Waals surface area contributed by atoms with E-state index in [-0.39, 0.29) is 5.91 Å². The number of benzene rings is 2. The molecule has 0 unspecified atom stereocenters. The molecule has 2 aromatic heterocycles. The smallest absolute Gasteiger partial charge is 0.255 e. The zero-order valence-electron chi connectivity index (χ0n) is 17.8. The van der Waals surface area contributed by atoms with Crippen molar-refractivity contribution in [1.82, 2.24) is 15.0 Å². The number of amides is 1. The molecule has 32 heavy (non-hydrogen) atoms. The van der Waals surface area contributed by atoms with Gasteiger partial charge < -0.3 is 10.6 Å². The van der Waals surface area contributed by atoms with Gasteiger partial charge in [0, 0.05) is 41.1 Å². The van der Waals surface area contributed by atoms with Gasteiger partial charge in [-0.15, -0.1) is 0 Å². The number of fused-ring (bicyclic) bond motifs is 1. The number of anilines is 3. The minimum absolute atomic E-state index is 0.106. The van der Waals surface area contributed by atoms with E-state index in [1.54, 1.807) is 18.6 Å². The molecule has 2 heterocycles. The number of carbonyl (C=O) groups is 1. The Bertz CT molecular complexity index is 1290. The second kappa shape index (κ2) is 8.59. The lowest BCUT2D eigenvalue weighted by Crippen LogP contribution is -2.12. The van der Waals surface area contributed by atoms with Crippen LogP contribution in [0.4, 0.5) is 17.3 Å². The maximum atomic E-state index is 12.8. The first-order valence-corrected chi connectivity index (χ1v) is 10.7. The van der Waals surface area contributed by atoms with Crippen LogP contribution in [0.15, 0.2) is 73.2 Å². The van der Waals surface area contributed by atoms with Crippen LogP contribution in [0.3, 0.4) is 0 Å². The zero-order valence-corrected chi connectivity index (χ0v) is 17.8. The van der Waals surface area contributed by atoms with Crippen LogP contribution in [0.5, 0.6) is 0 Å². The number of rotatable bonds is 5. The average molecular weight is 422 g/mol. The molecule has 0 saturated carbocycles. The molecule has 2 aromatic carbocycles. The summed E-state index contributed by atoms with van der Waals surface area (Å²) < 4.78 is 0. The SMILES string of the molecule is Cc1ccc(NC(=O)c2ccc3c(c2)CCC3)cc1Nc1nccc(-c2ccncc2)n1. The molecule has 1 aliphatic rings. The molecular formula is C26H23N5O. The molecule has 6 nitrogen and oxygen atoms in total. The molecule has 0 fully saturated rings. The Kier molecular flexibility index (Phi) is 5.34. The van der Waals surface area contributed by atoms with E-state index in [1.807, 2.05) is 55.5 Å². The molecule has 0 saturated heterocycles. The second-order valence-electron chi connectivity index (χ2n) is 7.95. The highest BCUT2D eigenvalue weighted by Crippen LogP contribution is 2.26. The highest BCUT2D eigenvalue weighted by Gasteiger charge is 2.14. The van der Waals surface area contributed by atoms with Crippen molar-refractivity contribution in [2.45, 2.75) is 26.2 Å². The van der Waals surface area contributed by atoms with Gasteiger partial charge in [0.15, 0.2) is 0 Å². The lowest BCUT2D eigenvalue weighted by molar-refractivity contribution is 0.102. The third kappa shape index (κ3) is 4.21. The number of nitrogens with zero attached hydrogens (tertiary/aromatic N) is 3. The molecule has 0 spiro atoms. The van der Waals surface area contributed by atoms with Crippen molar-refractivity contribution in [2.75, 3.05) is 10.6 Å². The van der Waals surface area contributed by atoms with Gasteiger partial charge in [-0.3, -0.25) is 9.78 Å². The van der Waals surface area contributed by atoms with Crippen LogP contribution < -0.4 is 10.6 Å². The van der Waals surface area contributed by atoms with Gasteiger partial charge in [0.2, 0.25) is 5.95 Å². The molecular weight excluding hydrogens is 398 g/mol. The van der Waals surface area contributed by atoms with Gasteiger partial charge >= 0.3 is 0 Å². The van der Waals surface area contributed by atoms with Gasteiger partial charge in [-0.1, -0.05) is 12.1 Å². The molecule has 5 rings (SSSR count). The molecule has 2 N–H and O–H groups in total. The zero-order chi connectivity index (χ0) is 21.9. The molecule has 158 valence electrons. The number of aryl methyl sites for hydroxylation is 3. The average Bonchev–Trinajstić information content (AvgIpc) is 3.30. The summed E-state index contributed by atoms with van der Waals surface area (Å²) in [5.41, 5.74) is 7.69. The van der Waals surface area contributed by atoms with E-state index < -0.39 is 0 Å². The van der Waals surface area contributed by atoms with Crippen LogP contribution in [-0.2, 0) is 12.8 Å². The van der Waals surface area contributed by atoms with Gasteiger partial charge in [-0.25, -0.2) is 9.97 Å². The van der Waals surface area contributed by atoms with E-state index in [4.69, 9.17) is 0 Å². The van der Waals surface area contributed by atoms with E-state index in [2.05, 4.69) is 31.7 Å². The van der Waals surface area contributed by atoms with E-state index in [9.17, 15) is 4.79 Å². The minimum Gasteiger partial charge on any atom is -0.324 e. The van der Waals surface area contributed by atoms with Crippen LogP contribution in [0.2, 0.25) is 0 Å². The molecule has 6 heteroatoms. The standard InChI is InChI=1S/C26H23N5O/c1-17-5-8-22(29-25(32)21-7-6-18-3-2-4-20(18)15-21)16-24(17)31-26-28-14-11-23(30-26)19-9-12-27-13-10-19/h5-16H,2-4H2,1H3,(H,29,32)(H,28,30,31). The monoisotopic (exact) mass is 421 g/mol. The first kappa shape index (κ1) is 19.9. The number of carbonyl (C=O) groups excluding carboxylic acids is 1. The largest absolute Gasteiger partial charge is 0.324 e. The van der Waals surface area contributed by atoms with Gasteiger partial charge in [0.25, 0.3) is 5.91 Å². The van der Waals surface area contributed by atoms with Crippen molar-refractivity contribution >= 4 is 23.2 Å². The predicted molar refractivity (Wildman–Crippen MR) is 126 cm³/mol. The molecule has 0 aliphatic heterocycles. The van der Waals surface area contributed by atoms with Crippen molar-refractivity contribution in [3.63, 3.8) is 0 Å². The Morgan fingerprint density at radius 2 is 1.75 bits per heavy atom. The molecule has 0 radical (unpaired) electrons. The third-order valence-electron chi connectivity index (χ3n) is 5.73. The fourth-order valence-electron chi connectivity index (χ4n) is 3.97. The lowest BCUT2D eigenvalue weighted by Gasteiger charge is -2.12. The molecule has 1 amide bonds. The summed E-state index contributed by atoms with van der Waals surface area (Å²) in [6, 6.07) is 17.5. The maximum absolute atomic E-state index is 12.8. The first-order valence-electron chi connectivity index (χ1n) is 10.7. The van der Waals surface area contributed by atoms with Crippen LogP contribution in [0.1, 0.15) is 33.5 Å². The van der Waals surface area contributed by atoms with E-state index >= 15 is 0 Å². The van der Waals surface area contributed by atoms with Crippen LogP contribution >= 0.6 is 0 Å². The fraction of sp³-hybridized carbons (Fsp3) is 0.154. The molecule has 0 bridgehead atoms. The summed E-state index contributed by atoms with van der Waals surface area (Å²) in [5.74, 6) is 0.384. The van der Waals surface area contributed by atoms with Gasteiger partial charge in [-0.05, 0) is 85.3 Å². The Hall–Kier alpha value is -4.06. The Balaban J connectivity index is 1.35. The normalized spacial score (nSPS) is 12.3. The fourth-order valence-corrected chi connectivity index (χ4v) is 3.97. The Labute approximate surface area is 186 Å². The highest BCUT2D eigenvalue weighted by molar-refractivity contribution is 6.04. The van der Waals surface area contributed by atoms with E-state index in [0.717, 1.165) is 41.8 Å². The highest BCUT2D eigenvalue weighted by atomic mass is 16.1. The summed E-state index contributed by atoms with van der Waals surface area (Å²) in [7, 11) is 0. The summed E-state index contributed by atoms with van der Waals surface area (Å²) in [6.45, 7) is 2.00. The van der Waals surface area contributed by atoms with Crippen molar-refractivity contribution in [1.29, 1.82) is 0 Å². The van der Waals surface area contributed by atoms with Crippen LogP contribution in [0.25, 0.3) is 11.3 Å². The number of pyridine rings is 1. The Morgan fingerprint density at radius 1 is 0.906 bits per heavy atom. The summed E-state index contributed by atoms with van der Waals surface area (Å²) in [5, 5.41) is 6.29. The van der Waals surface area contributed by atoms with E-state index in [0.29, 0.717) is 17.2 Å². The summed E-state index contributed by atoms with van der Waals surface area (Å²) in [6.07, 6.45) is 8.52. The predicted octanol–water partition coefficient (Wildman–Crippen LogP) is 5.33. The van der Waals surface area contributed by atoms with Gasteiger partial charge in [0.05, 0.1) is 5.69 Å². The van der Waals surface area contributed by atoms with Crippen molar-refractivity contribution in [3.8, 4) is 11.3 Å². The van der Waals surface area contributed by atoms with Crippen molar-refractivity contribution in [3.05, 3.63) is 95.4 Å². The van der Waals surface area contributed by atoms with Gasteiger partial charge in [0.1, 0.15) is 0 Å². The van der Waals surface area contributed by atoms with Crippen molar-refractivity contribution < 1.29 is 4.79 Å². The maximum Gasteiger partial charge on any atom is 0.255 e. The first-order chi connectivity index (χ1) is 15.7. The topological polar surface area (TPSA) is 79.8 Å². The summed E-state index contributed by atoms with van der Waals surface area (Å²) >= 11 is 0. The molecule has 4 aromatic rings. The van der Waals surface area contributed by atoms with Gasteiger partial charge in [-0.2, -0.15) is 0 Å². The summed E-state index contributed by atoms with van der Waals surface area (Å²) in [4.78, 5) is 25.8. The van der Waals surface area contributed by atoms with E-state index in [1.165, 1.54) is 11.1 Å². The third-order valence-corrected chi connectivity index (χ3v) is 5.73. The lowest BCUT2D eigenvalue weighted by atomic mass is 10.1.